The van der Waals surface area contributed by atoms with Crippen LogP contribution >= 0.6 is 11.3 Å². The van der Waals surface area contributed by atoms with Gasteiger partial charge in [0.25, 0.3) is 0 Å². The van der Waals surface area contributed by atoms with Crippen LogP contribution in [-0.2, 0) is 6.54 Å². The number of hydrogen-bond donors (Lipinski definition) is 1. The van der Waals surface area contributed by atoms with Crippen molar-refractivity contribution in [3.8, 4) is 27.6 Å². The third-order valence-electron chi connectivity index (χ3n) is 3.66. The number of aryl methyl sites for hydroxylation is 1. The summed E-state index contributed by atoms with van der Waals surface area (Å²) in [6.45, 7) is 2.56. The number of benzene rings is 2. The molecule has 0 aliphatic rings. The van der Waals surface area contributed by atoms with E-state index < -0.39 is 0 Å². The summed E-state index contributed by atoms with van der Waals surface area (Å²) in [7, 11) is 1.69. The first-order valence-electron chi connectivity index (χ1n) is 7.12. The zero-order valence-corrected chi connectivity index (χ0v) is 13.5. The normalized spacial score (nSPS) is 10.7. The Kier molecular flexibility index (Phi) is 4.22. The summed E-state index contributed by atoms with van der Waals surface area (Å²) < 4.78 is 5.31. The molecule has 0 radical (unpaired) electrons. The van der Waals surface area contributed by atoms with Crippen molar-refractivity contribution < 1.29 is 4.74 Å². The average molecular weight is 310 g/mol. The molecule has 2 N–H and O–H groups in total. The number of nitrogens with zero attached hydrogens (tertiary/aromatic N) is 1. The lowest BCUT2D eigenvalue weighted by Crippen LogP contribution is -1.98. The lowest BCUT2D eigenvalue weighted by atomic mass is 10.1. The molecule has 1 heterocycles. The van der Waals surface area contributed by atoms with Gasteiger partial charge in [-0.05, 0) is 36.2 Å². The highest BCUT2D eigenvalue weighted by Gasteiger charge is 2.10. The van der Waals surface area contributed by atoms with E-state index in [2.05, 4.69) is 17.5 Å². The van der Waals surface area contributed by atoms with Gasteiger partial charge in [0.2, 0.25) is 0 Å². The highest BCUT2D eigenvalue weighted by Crippen LogP contribution is 2.32. The Morgan fingerprint density at radius 3 is 2.73 bits per heavy atom. The van der Waals surface area contributed by atoms with Crippen LogP contribution in [0.3, 0.4) is 0 Å². The van der Waals surface area contributed by atoms with E-state index in [0.29, 0.717) is 6.54 Å². The van der Waals surface area contributed by atoms with Crippen molar-refractivity contribution >= 4 is 11.3 Å². The molecule has 0 fully saturated rings. The molecule has 0 aliphatic carbocycles. The van der Waals surface area contributed by atoms with Gasteiger partial charge in [-0.3, -0.25) is 0 Å². The molecule has 2 aromatic carbocycles. The highest BCUT2D eigenvalue weighted by atomic mass is 32.1. The highest BCUT2D eigenvalue weighted by molar-refractivity contribution is 7.13. The average Bonchev–Trinajstić information content (AvgIpc) is 3.04. The largest absolute Gasteiger partial charge is 0.496 e. The van der Waals surface area contributed by atoms with Gasteiger partial charge in [-0.25, -0.2) is 4.98 Å². The molecule has 0 atom stereocenters. The molecule has 0 aliphatic heterocycles. The summed E-state index contributed by atoms with van der Waals surface area (Å²) in [5.41, 5.74) is 11.3. The Morgan fingerprint density at radius 1 is 1.18 bits per heavy atom. The zero-order valence-electron chi connectivity index (χ0n) is 12.7. The van der Waals surface area contributed by atoms with Crippen molar-refractivity contribution in [1.82, 2.24) is 4.98 Å². The lowest BCUT2D eigenvalue weighted by molar-refractivity contribution is 0.412. The minimum absolute atomic E-state index is 0.521. The maximum absolute atomic E-state index is 5.82. The summed E-state index contributed by atoms with van der Waals surface area (Å²) >= 11 is 1.64. The number of hydrogen-bond acceptors (Lipinski definition) is 4. The molecular formula is C18H18N2OS. The molecule has 3 nitrogen and oxygen atoms in total. The van der Waals surface area contributed by atoms with E-state index in [0.717, 1.165) is 38.7 Å². The Morgan fingerprint density at radius 2 is 2.00 bits per heavy atom. The fourth-order valence-electron chi connectivity index (χ4n) is 2.47. The zero-order chi connectivity index (χ0) is 15.5. The van der Waals surface area contributed by atoms with Crippen LogP contribution in [0.2, 0.25) is 0 Å². The van der Waals surface area contributed by atoms with Crippen LogP contribution in [0.5, 0.6) is 5.75 Å². The van der Waals surface area contributed by atoms with Gasteiger partial charge in [0.1, 0.15) is 10.8 Å². The minimum atomic E-state index is 0.521. The monoisotopic (exact) mass is 310 g/mol. The van der Waals surface area contributed by atoms with Crippen molar-refractivity contribution in [2.45, 2.75) is 13.5 Å². The maximum Gasteiger partial charge on any atom is 0.124 e. The van der Waals surface area contributed by atoms with E-state index in [1.54, 1.807) is 18.4 Å². The Hall–Kier alpha value is -2.17. The maximum atomic E-state index is 5.82. The number of nitrogens with two attached hydrogens (primary N) is 1. The fourth-order valence-corrected chi connectivity index (χ4v) is 3.36. The van der Waals surface area contributed by atoms with Gasteiger partial charge in [-0.15, -0.1) is 11.3 Å². The van der Waals surface area contributed by atoms with Crippen LogP contribution in [0.1, 0.15) is 11.1 Å². The van der Waals surface area contributed by atoms with E-state index >= 15 is 0 Å². The first-order valence-corrected chi connectivity index (χ1v) is 7.99. The third-order valence-corrected chi connectivity index (χ3v) is 4.54. The van der Waals surface area contributed by atoms with E-state index in [1.807, 2.05) is 37.3 Å². The first kappa shape index (κ1) is 14.8. The number of rotatable bonds is 4. The molecule has 0 saturated carbocycles. The summed E-state index contributed by atoms with van der Waals surface area (Å²) in [4.78, 5) is 4.78. The summed E-state index contributed by atoms with van der Waals surface area (Å²) in [5, 5.41) is 3.09. The molecule has 3 aromatic rings. The van der Waals surface area contributed by atoms with Crippen molar-refractivity contribution in [2.75, 3.05) is 7.11 Å². The van der Waals surface area contributed by atoms with Gasteiger partial charge in [-0.1, -0.05) is 24.3 Å². The van der Waals surface area contributed by atoms with Crippen molar-refractivity contribution in [3.63, 3.8) is 0 Å². The van der Waals surface area contributed by atoms with Gasteiger partial charge < -0.3 is 10.5 Å². The van der Waals surface area contributed by atoms with Crippen LogP contribution < -0.4 is 10.5 Å². The van der Waals surface area contributed by atoms with Gasteiger partial charge in [0.05, 0.1) is 12.8 Å². The molecule has 0 spiro atoms. The number of aromatic nitrogens is 1. The second-order valence-electron chi connectivity index (χ2n) is 5.08. The molecule has 0 saturated heterocycles. The molecule has 0 amide bonds. The SMILES string of the molecule is COc1ccc(-c2csc(-c3ccccc3CN)n2)cc1C. The summed E-state index contributed by atoms with van der Waals surface area (Å²) in [5.74, 6) is 0.896. The van der Waals surface area contributed by atoms with Crippen LogP contribution in [0, 0.1) is 6.92 Å². The van der Waals surface area contributed by atoms with Crippen molar-refractivity contribution in [3.05, 3.63) is 59.0 Å². The molecule has 22 heavy (non-hydrogen) atoms. The van der Waals surface area contributed by atoms with Crippen LogP contribution in [-0.4, -0.2) is 12.1 Å². The fraction of sp³-hybridized carbons (Fsp3) is 0.167. The smallest absolute Gasteiger partial charge is 0.124 e. The molecule has 0 bridgehead atoms. The molecular weight excluding hydrogens is 292 g/mol. The van der Waals surface area contributed by atoms with Crippen LogP contribution in [0.15, 0.2) is 47.8 Å². The molecule has 0 unspecified atom stereocenters. The van der Waals surface area contributed by atoms with Gasteiger partial charge >= 0.3 is 0 Å². The lowest BCUT2D eigenvalue weighted by Gasteiger charge is -2.06. The topological polar surface area (TPSA) is 48.1 Å². The first-order chi connectivity index (χ1) is 10.7. The second-order valence-corrected chi connectivity index (χ2v) is 5.94. The van der Waals surface area contributed by atoms with E-state index in [-0.39, 0.29) is 0 Å². The molecule has 3 rings (SSSR count). The predicted molar refractivity (Wildman–Crippen MR) is 92.2 cm³/mol. The van der Waals surface area contributed by atoms with E-state index in [1.165, 1.54) is 0 Å². The van der Waals surface area contributed by atoms with Gasteiger partial charge in [-0.2, -0.15) is 0 Å². The number of methoxy groups -OCH3 is 1. The number of ether oxygens (including phenoxy) is 1. The third kappa shape index (κ3) is 2.75. The van der Waals surface area contributed by atoms with Crippen LogP contribution in [0.4, 0.5) is 0 Å². The van der Waals surface area contributed by atoms with Gasteiger partial charge in [0, 0.05) is 23.1 Å². The predicted octanol–water partition coefficient (Wildman–Crippen LogP) is 4.25. The molecule has 112 valence electrons. The van der Waals surface area contributed by atoms with Crippen molar-refractivity contribution in [2.24, 2.45) is 5.73 Å². The van der Waals surface area contributed by atoms with Crippen LogP contribution in [0.25, 0.3) is 21.8 Å². The quantitative estimate of drug-likeness (QED) is 0.783. The minimum Gasteiger partial charge on any atom is -0.496 e. The Balaban J connectivity index is 1.99. The Bertz CT molecular complexity index is 795. The van der Waals surface area contributed by atoms with E-state index in [4.69, 9.17) is 15.5 Å². The Labute approximate surface area is 134 Å². The van der Waals surface area contributed by atoms with E-state index in [9.17, 15) is 0 Å². The summed E-state index contributed by atoms with van der Waals surface area (Å²) in [6.07, 6.45) is 0. The van der Waals surface area contributed by atoms with Crippen molar-refractivity contribution in [1.29, 1.82) is 0 Å². The molecule has 4 heteroatoms. The molecule has 1 aromatic heterocycles. The van der Waals surface area contributed by atoms with Gasteiger partial charge in [0.15, 0.2) is 0 Å². The number of thiazole rings is 1. The standard InChI is InChI=1S/C18H18N2OS/c1-12-9-13(7-8-17(12)21-2)16-11-22-18(20-16)15-6-4-3-5-14(15)10-19/h3-9,11H,10,19H2,1-2H3. The summed E-state index contributed by atoms with van der Waals surface area (Å²) in [6, 6.07) is 14.3. The second kappa shape index (κ2) is 6.30.